The largest absolute Gasteiger partial charge is 0.487 e. The zero-order valence-electron chi connectivity index (χ0n) is 14.4. The lowest BCUT2D eigenvalue weighted by Crippen LogP contribution is -2.37. The molecule has 2 atom stereocenters. The van der Waals surface area contributed by atoms with Crippen LogP contribution in [0.1, 0.15) is 37.4 Å². The minimum absolute atomic E-state index is 0.00969. The summed E-state index contributed by atoms with van der Waals surface area (Å²) in [7, 11) is 0. The van der Waals surface area contributed by atoms with E-state index in [1.54, 1.807) is 13.0 Å². The van der Waals surface area contributed by atoms with Crippen molar-refractivity contribution >= 4 is 5.91 Å². The van der Waals surface area contributed by atoms with Crippen molar-refractivity contribution in [3.05, 3.63) is 41.7 Å². The van der Waals surface area contributed by atoms with Crippen LogP contribution in [0.2, 0.25) is 0 Å². The van der Waals surface area contributed by atoms with Gasteiger partial charge in [0.1, 0.15) is 18.1 Å². The lowest BCUT2D eigenvalue weighted by molar-refractivity contribution is -0.119. The van der Waals surface area contributed by atoms with Crippen molar-refractivity contribution in [1.29, 1.82) is 0 Å². The molecule has 1 fully saturated rings. The molecule has 1 aliphatic rings. The van der Waals surface area contributed by atoms with E-state index in [4.69, 9.17) is 9.84 Å². The number of nitrogens with zero attached hydrogens (tertiary/aromatic N) is 3. The molecule has 1 aromatic heterocycles. The maximum Gasteiger partial charge on any atom is 0.217 e. The monoisotopic (exact) mass is 344 g/mol. The van der Waals surface area contributed by atoms with Crippen molar-refractivity contribution in [2.75, 3.05) is 0 Å². The van der Waals surface area contributed by atoms with Gasteiger partial charge >= 0.3 is 0 Å². The molecule has 134 valence electrons. The second kappa shape index (κ2) is 8.11. The van der Waals surface area contributed by atoms with Crippen LogP contribution >= 0.6 is 0 Å². The van der Waals surface area contributed by atoms with Gasteiger partial charge in [0, 0.05) is 19.5 Å². The number of carbonyl (C=O) groups excluding carboxylic acids is 1. The topological polar surface area (TPSA) is 89.3 Å². The molecule has 0 bridgehead atoms. The van der Waals surface area contributed by atoms with Gasteiger partial charge in [-0.15, -0.1) is 5.10 Å². The van der Waals surface area contributed by atoms with Gasteiger partial charge in [0.2, 0.25) is 5.91 Å². The van der Waals surface area contributed by atoms with Crippen LogP contribution in [0, 0.1) is 5.92 Å². The molecule has 1 amide bonds. The number of amides is 1. The predicted octanol–water partition coefficient (Wildman–Crippen LogP) is 1.65. The Balaban J connectivity index is 1.54. The summed E-state index contributed by atoms with van der Waals surface area (Å²) in [4.78, 5) is 11.3. The quantitative estimate of drug-likeness (QED) is 0.797. The molecule has 7 heteroatoms. The Hall–Kier alpha value is -2.41. The van der Waals surface area contributed by atoms with E-state index in [9.17, 15) is 4.79 Å². The summed E-state index contributed by atoms with van der Waals surface area (Å²) in [6.07, 6.45) is 5.13. The minimum atomic E-state index is -0.00969. The lowest BCUT2D eigenvalue weighted by Gasteiger charge is -2.19. The average Bonchev–Trinajstić information content (AvgIpc) is 3.23. The first-order valence-corrected chi connectivity index (χ1v) is 8.63. The Labute approximate surface area is 147 Å². The molecule has 0 saturated heterocycles. The van der Waals surface area contributed by atoms with Crippen LogP contribution in [-0.2, 0) is 24.6 Å². The number of benzene rings is 1. The number of hydrogen-bond acceptors (Lipinski definition) is 5. The van der Waals surface area contributed by atoms with Crippen LogP contribution in [0.25, 0.3) is 0 Å². The number of aromatic nitrogens is 3. The second-order valence-corrected chi connectivity index (χ2v) is 6.52. The molecule has 0 unspecified atom stereocenters. The summed E-state index contributed by atoms with van der Waals surface area (Å²) >= 11 is 0. The van der Waals surface area contributed by atoms with Gasteiger partial charge in [-0.05, 0) is 36.5 Å². The summed E-state index contributed by atoms with van der Waals surface area (Å²) in [5.41, 5.74) is 1.56. The lowest BCUT2D eigenvalue weighted by atomic mass is 10.0. The van der Waals surface area contributed by atoms with E-state index in [0.29, 0.717) is 18.3 Å². The third-order valence-electron chi connectivity index (χ3n) is 4.52. The van der Waals surface area contributed by atoms with Gasteiger partial charge in [-0.1, -0.05) is 23.8 Å². The molecule has 0 spiro atoms. The van der Waals surface area contributed by atoms with E-state index in [0.717, 1.165) is 37.1 Å². The van der Waals surface area contributed by atoms with Gasteiger partial charge < -0.3 is 15.2 Å². The normalized spacial score (nSPS) is 19.8. The summed E-state index contributed by atoms with van der Waals surface area (Å²) < 4.78 is 7.53. The Morgan fingerprint density at radius 1 is 1.44 bits per heavy atom. The Bertz CT molecular complexity index is 716. The molecule has 3 rings (SSSR count). The van der Waals surface area contributed by atoms with E-state index in [1.807, 2.05) is 29.1 Å². The van der Waals surface area contributed by atoms with Gasteiger partial charge in [0.05, 0.1) is 12.8 Å². The Kier molecular flexibility index (Phi) is 5.65. The van der Waals surface area contributed by atoms with Crippen molar-refractivity contribution in [2.45, 2.75) is 52.0 Å². The molecule has 2 aromatic rings. The SMILES string of the molecule is CC(=O)N[C@@H]1CCC[C@@H]1Cn1cc(COc2cccc(CO)c2)nn1. The molecular formula is C18H24N4O3. The van der Waals surface area contributed by atoms with Crippen molar-refractivity contribution < 1.29 is 14.6 Å². The number of hydrogen-bond donors (Lipinski definition) is 2. The minimum Gasteiger partial charge on any atom is -0.487 e. The molecule has 1 aromatic carbocycles. The van der Waals surface area contributed by atoms with Gasteiger partial charge in [-0.3, -0.25) is 9.48 Å². The molecule has 7 nitrogen and oxygen atoms in total. The maximum atomic E-state index is 11.3. The first-order valence-electron chi connectivity index (χ1n) is 8.63. The standard InChI is InChI=1S/C18H24N4O3/c1-13(24)19-18-7-3-5-15(18)9-22-10-16(20-21-22)12-25-17-6-2-4-14(8-17)11-23/h2,4,6,8,10,15,18,23H,3,5,7,9,11-12H2,1H3,(H,19,24)/t15-,18-/m1/s1. The highest BCUT2D eigenvalue weighted by Crippen LogP contribution is 2.27. The number of ether oxygens (including phenoxy) is 1. The maximum absolute atomic E-state index is 11.3. The van der Waals surface area contributed by atoms with Gasteiger partial charge in [0.25, 0.3) is 0 Å². The third-order valence-corrected chi connectivity index (χ3v) is 4.52. The first-order chi connectivity index (χ1) is 12.1. The summed E-state index contributed by atoms with van der Waals surface area (Å²) in [6.45, 7) is 2.63. The average molecular weight is 344 g/mol. The van der Waals surface area contributed by atoms with Crippen LogP contribution in [0.3, 0.4) is 0 Å². The Morgan fingerprint density at radius 2 is 2.32 bits per heavy atom. The van der Waals surface area contributed by atoms with Crippen LogP contribution < -0.4 is 10.1 Å². The highest BCUT2D eigenvalue weighted by atomic mass is 16.5. The fourth-order valence-electron chi connectivity index (χ4n) is 3.33. The van der Waals surface area contributed by atoms with Crippen molar-refractivity contribution in [3.8, 4) is 5.75 Å². The number of nitrogens with one attached hydrogen (secondary N) is 1. The van der Waals surface area contributed by atoms with Crippen LogP contribution in [0.4, 0.5) is 0 Å². The molecule has 1 saturated carbocycles. The van der Waals surface area contributed by atoms with E-state index in [1.165, 1.54) is 0 Å². The van der Waals surface area contributed by atoms with E-state index in [-0.39, 0.29) is 18.6 Å². The third kappa shape index (κ3) is 4.79. The van der Waals surface area contributed by atoms with Gasteiger partial charge in [-0.2, -0.15) is 0 Å². The summed E-state index contributed by atoms with van der Waals surface area (Å²) in [5.74, 6) is 1.11. The summed E-state index contributed by atoms with van der Waals surface area (Å²) in [5, 5.41) is 20.5. The van der Waals surface area contributed by atoms with Crippen LogP contribution in [-0.4, -0.2) is 32.0 Å². The highest BCUT2D eigenvalue weighted by molar-refractivity contribution is 5.73. The molecule has 0 aliphatic heterocycles. The predicted molar refractivity (Wildman–Crippen MR) is 91.7 cm³/mol. The molecule has 0 radical (unpaired) electrons. The van der Waals surface area contributed by atoms with E-state index in [2.05, 4.69) is 15.6 Å². The zero-order chi connectivity index (χ0) is 17.6. The van der Waals surface area contributed by atoms with Crippen LogP contribution in [0.5, 0.6) is 5.75 Å². The van der Waals surface area contributed by atoms with E-state index < -0.39 is 0 Å². The van der Waals surface area contributed by atoms with Crippen molar-refractivity contribution in [3.63, 3.8) is 0 Å². The zero-order valence-corrected chi connectivity index (χ0v) is 14.4. The highest BCUT2D eigenvalue weighted by Gasteiger charge is 2.28. The number of carbonyl (C=O) groups is 1. The molecular weight excluding hydrogens is 320 g/mol. The number of rotatable bonds is 7. The van der Waals surface area contributed by atoms with Crippen LogP contribution in [0.15, 0.2) is 30.5 Å². The summed E-state index contributed by atoms with van der Waals surface area (Å²) in [6, 6.07) is 7.57. The molecule has 1 aliphatic carbocycles. The smallest absolute Gasteiger partial charge is 0.217 e. The van der Waals surface area contributed by atoms with Gasteiger partial charge in [0.15, 0.2) is 0 Å². The van der Waals surface area contributed by atoms with Crippen molar-refractivity contribution in [2.24, 2.45) is 5.92 Å². The van der Waals surface area contributed by atoms with E-state index >= 15 is 0 Å². The molecule has 1 heterocycles. The first kappa shape index (κ1) is 17.4. The molecule has 25 heavy (non-hydrogen) atoms. The van der Waals surface area contributed by atoms with Gasteiger partial charge in [-0.25, -0.2) is 0 Å². The molecule has 2 N–H and O–H groups in total. The fourth-order valence-corrected chi connectivity index (χ4v) is 3.33. The van der Waals surface area contributed by atoms with Crippen molar-refractivity contribution in [1.82, 2.24) is 20.3 Å². The number of aliphatic hydroxyl groups is 1. The second-order valence-electron chi connectivity index (χ2n) is 6.52. The Morgan fingerprint density at radius 3 is 3.12 bits per heavy atom. The number of aliphatic hydroxyl groups excluding tert-OH is 1. The fraction of sp³-hybridized carbons (Fsp3) is 0.500.